The van der Waals surface area contributed by atoms with Crippen LogP contribution in [0.4, 0.5) is 5.82 Å². The average molecular weight is 405 g/mol. The number of aromatic nitrogens is 2. The van der Waals surface area contributed by atoms with Crippen LogP contribution in [0.15, 0.2) is 54.7 Å². The number of nitrogens with one attached hydrogen (secondary N) is 2. The summed E-state index contributed by atoms with van der Waals surface area (Å²) in [7, 11) is 0. The first kappa shape index (κ1) is 18.7. The Bertz CT molecular complexity index is 906. The Kier molecular flexibility index (Phi) is 6.14. The Labute approximate surface area is 168 Å². The third-order valence-electron chi connectivity index (χ3n) is 3.81. The summed E-state index contributed by atoms with van der Waals surface area (Å²) < 4.78 is 1.73. The number of hydrogen-bond donors (Lipinski definition) is 2. The second kappa shape index (κ2) is 8.54. The number of halogens is 2. The molecular weight excluding hydrogens is 387 g/mol. The van der Waals surface area contributed by atoms with E-state index in [0.29, 0.717) is 34.1 Å². The molecule has 1 aromatic heterocycles. The van der Waals surface area contributed by atoms with Gasteiger partial charge >= 0.3 is 0 Å². The number of nitrogens with zero attached hydrogens (tertiary/aromatic N) is 2. The van der Waals surface area contributed by atoms with E-state index in [1.165, 1.54) is 5.56 Å². The minimum atomic E-state index is 0.468. The van der Waals surface area contributed by atoms with Gasteiger partial charge in [-0.2, -0.15) is 5.10 Å². The van der Waals surface area contributed by atoms with E-state index in [4.69, 9.17) is 35.4 Å². The zero-order chi connectivity index (χ0) is 18.5. The van der Waals surface area contributed by atoms with Crippen molar-refractivity contribution in [2.45, 2.75) is 20.0 Å². The molecule has 1 heterocycles. The third kappa shape index (κ3) is 4.97. The Balaban J connectivity index is 1.59. The van der Waals surface area contributed by atoms with E-state index in [1.807, 2.05) is 24.3 Å². The largest absolute Gasteiger partial charge is 0.358 e. The summed E-state index contributed by atoms with van der Waals surface area (Å²) in [4.78, 5) is 0. The normalized spacial score (nSPS) is 10.6. The molecule has 0 atom stereocenters. The molecule has 0 amide bonds. The standard InChI is InChI=1S/C19H18Cl2N4S/c1-13-6-8-14(9-7-13)10-22-19(26)23-18-17(21)12-25(24-18)11-15-4-2-3-5-16(15)20/h2-9,12H,10-11H2,1H3,(H2,22,23,24,26). The van der Waals surface area contributed by atoms with Gasteiger partial charge in [0, 0.05) is 17.8 Å². The maximum absolute atomic E-state index is 6.26. The molecule has 0 unspecified atom stereocenters. The molecule has 0 radical (unpaired) electrons. The summed E-state index contributed by atoms with van der Waals surface area (Å²) in [5.74, 6) is 0.514. The predicted molar refractivity (Wildman–Crippen MR) is 112 cm³/mol. The fraction of sp³-hybridized carbons (Fsp3) is 0.158. The average Bonchev–Trinajstić information content (AvgIpc) is 2.95. The predicted octanol–water partition coefficient (Wildman–Crippen LogP) is 5.03. The number of aryl methyl sites for hydroxylation is 1. The van der Waals surface area contributed by atoms with E-state index in [1.54, 1.807) is 10.9 Å². The van der Waals surface area contributed by atoms with Crippen LogP contribution in [0, 0.1) is 6.92 Å². The van der Waals surface area contributed by atoms with Crippen LogP contribution in [0.25, 0.3) is 0 Å². The first-order valence-electron chi connectivity index (χ1n) is 8.08. The van der Waals surface area contributed by atoms with Gasteiger partial charge in [0.15, 0.2) is 10.9 Å². The summed E-state index contributed by atoms with van der Waals surface area (Å²) in [6, 6.07) is 15.9. The highest BCUT2D eigenvalue weighted by atomic mass is 35.5. The SMILES string of the molecule is Cc1ccc(CNC(=S)Nc2nn(Cc3ccccc3Cl)cc2Cl)cc1. The van der Waals surface area contributed by atoms with Crippen molar-refractivity contribution in [3.63, 3.8) is 0 Å². The fourth-order valence-corrected chi connectivity index (χ4v) is 2.97. The summed E-state index contributed by atoms with van der Waals surface area (Å²) in [5, 5.41) is 12.3. The number of rotatable bonds is 5. The van der Waals surface area contributed by atoms with Gasteiger partial charge in [0.05, 0.1) is 6.54 Å². The molecule has 0 bridgehead atoms. The van der Waals surface area contributed by atoms with Crippen LogP contribution in [0.3, 0.4) is 0 Å². The lowest BCUT2D eigenvalue weighted by Gasteiger charge is -2.09. The van der Waals surface area contributed by atoms with Crippen molar-refractivity contribution in [3.8, 4) is 0 Å². The lowest BCUT2D eigenvalue weighted by Crippen LogP contribution is -2.28. The van der Waals surface area contributed by atoms with Gasteiger partial charge in [-0.1, -0.05) is 71.2 Å². The van der Waals surface area contributed by atoms with Crippen LogP contribution >= 0.6 is 35.4 Å². The van der Waals surface area contributed by atoms with Crippen LogP contribution in [0.1, 0.15) is 16.7 Å². The van der Waals surface area contributed by atoms with Gasteiger partial charge in [0.2, 0.25) is 0 Å². The van der Waals surface area contributed by atoms with Crippen molar-refractivity contribution in [2.24, 2.45) is 0 Å². The molecule has 0 aliphatic heterocycles. The lowest BCUT2D eigenvalue weighted by molar-refractivity contribution is 0.690. The first-order valence-corrected chi connectivity index (χ1v) is 9.24. The van der Waals surface area contributed by atoms with Gasteiger partial charge in [-0.3, -0.25) is 4.68 Å². The van der Waals surface area contributed by atoms with E-state index >= 15 is 0 Å². The molecule has 7 heteroatoms. The maximum Gasteiger partial charge on any atom is 0.173 e. The van der Waals surface area contributed by atoms with E-state index < -0.39 is 0 Å². The molecule has 3 rings (SSSR count). The number of thiocarbonyl (C=S) groups is 1. The molecule has 0 saturated heterocycles. The second-order valence-corrected chi connectivity index (χ2v) is 7.13. The highest BCUT2D eigenvalue weighted by Gasteiger charge is 2.10. The molecule has 0 spiro atoms. The van der Waals surface area contributed by atoms with Crippen molar-refractivity contribution < 1.29 is 0 Å². The van der Waals surface area contributed by atoms with Crippen molar-refractivity contribution >= 4 is 46.4 Å². The minimum Gasteiger partial charge on any atom is -0.358 e. The summed E-state index contributed by atoms with van der Waals surface area (Å²) >= 11 is 17.8. The zero-order valence-electron chi connectivity index (χ0n) is 14.2. The van der Waals surface area contributed by atoms with E-state index in [9.17, 15) is 0 Å². The van der Waals surface area contributed by atoms with Crippen LogP contribution in [-0.4, -0.2) is 14.9 Å². The third-order valence-corrected chi connectivity index (χ3v) is 4.70. The molecule has 26 heavy (non-hydrogen) atoms. The molecule has 0 fully saturated rings. The highest BCUT2D eigenvalue weighted by Crippen LogP contribution is 2.22. The first-order chi connectivity index (χ1) is 12.5. The molecule has 0 aliphatic rings. The fourth-order valence-electron chi connectivity index (χ4n) is 2.40. The smallest absolute Gasteiger partial charge is 0.173 e. The molecule has 3 aromatic rings. The van der Waals surface area contributed by atoms with Gasteiger partial charge in [-0.15, -0.1) is 0 Å². The molecule has 0 saturated carbocycles. The molecule has 2 N–H and O–H groups in total. The molecular formula is C19H18Cl2N4S. The van der Waals surface area contributed by atoms with Gasteiger partial charge in [-0.05, 0) is 36.3 Å². The minimum absolute atomic E-state index is 0.468. The van der Waals surface area contributed by atoms with E-state index in [0.717, 1.165) is 11.1 Å². The number of anilines is 1. The number of benzene rings is 2. The Hall–Kier alpha value is -2.08. The van der Waals surface area contributed by atoms with E-state index in [2.05, 4.69) is 46.9 Å². The summed E-state index contributed by atoms with van der Waals surface area (Å²) in [6.45, 7) is 3.22. The monoisotopic (exact) mass is 404 g/mol. The quantitative estimate of drug-likeness (QED) is 0.584. The van der Waals surface area contributed by atoms with Crippen molar-refractivity contribution in [2.75, 3.05) is 5.32 Å². The van der Waals surface area contributed by atoms with Crippen molar-refractivity contribution in [1.82, 2.24) is 15.1 Å². The summed E-state index contributed by atoms with van der Waals surface area (Å²) in [6.07, 6.45) is 1.75. The van der Waals surface area contributed by atoms with Crippen LogP contribution < -0.4 is 10.6 Å². The van der Waals surface area contributed by atoms with Crippen molar-refractivity contribution in [1.29, 1.82) is 0 Å². The van der Waals surface area contributed by atoms with Crippen molar-refractivity contribution in [3.05, 3.63) is 81.5 Å². The van der Waals surface area contributed by atoms with Crippen LogP contribution in [0.5, 0.6) is 0 Å². The zero-order valence-corrected chi connectivity index (χ0v) is 16.5. The highest BCUT2D eigenvalue weighted by molar-refractivity contribution is 7.80. The maximum atomic E-state index is 6.26. The molecule has 0 aliphatic carbocycles. The topological polar surface area (TPSA) is 41.9 Å². The van der Waals surface area contributed by atoms with Crippen LogP contribution in [0.2, 0.25) is 10.0 Å². The van der Waals surface area contributed by atoms with Gasteiger partial charge in [0.1, 0.15) is 5.02 Å². The second-order valence-electron chi connectivity index (χ2n) is 5.91. The molecule has 134 valence electrons. The number of hydrogen-bond acceptors (Lipinski definition) is 2. The van der Waals surface area contributed by atoms with E-state index in [-0.39, 0.29) is 0 Å². The Morgan fingerprint density at radius 3 is 2.54 bits per heavy atom. The summed E-state index contributed by atoms with van der Waals surface area (Å²) in [5.41, 5.74) is 3.35. The van der Waals surface area contributed by atoms with Gasteiger partial charge < -0.3 is 10.6 Å². The lowest BCUT2D eigenvalue weighted by atomic mass is 10.1. The van der Waals surface area contributed by atoms with Crippen LogP contribution in [-0.2, 0) is 13.1 Å². The van der Waals surface area contributed by atoms with Gasteiger partial charge in [0.25, 0.3) is 0 Å². The Morgan fingerprint density at radius 1 is 1.08 bits per heavy atom. The molecule has 2 aromatic carbocycles. The Morgan fingerprint density at radius 2 is 1.81 bits per heavy atom. The molecule has 4 nitrogen and oxygen atoms in total. The van der Waals surface area contributed by atoms with Gasteiger partial charge in [-0.25, -0.2) is 0 Å².